The number of carboxylic acid groups (broad SMARTS) is 1. The molecule has 35 heavy (non-hydrogen) atoms. The van der Waals surface area contributed by atoms with Crippen LogP contribution in [0.4, 0.5) is 33.7 Å². The molecule has 0 unspecified atom stereocenters. The van der Waals surface area contributed by atoms with Crippen LogP contribution in [0.1, 0.15) is 33.7 Å². The quantitative estimate of drug-likeness (QED) is 0.230. The highest BCUT2D eigenvalue weighted by molar-refractivity contribution is 6.12. The number of carbonyl (C=O) groups is 3. The molecule has 1 aromatic heterocycles. The Morgan fingerprint density at radius 3 is 2.14 bits per heavy atom. The highest BCUT2D eigenvalue weighted by atomic mass is 19.4. The molecule has 0 aliphatic rings. The average molecular weight is 489 g/mol. The number of nitrogens with one attached hydrogen (secondary N) is 2. The van der Waals surface area contributed by atoms with Gasteiger partial charge in [0.1, 0.15) is 5.82 Å². The van der Waals surface area contributed by atoms with Crippen LogP contribution in [0.5, 0.6) is 0 Å². The van der Waals surface area contributed by atoms with Crippen LogP contribution in [0.2, 0.25) is 0 Å². The number of nitrogens with zero attached hydrogens (tertiary/aromatic N) is 1. The number of anilines is 2. The largest absolute Gasteiger partial charge is 0.465 e. The van der Waals surface area contributed by atoms with E-state index >= 15 is 0 Å². The molecule has 0 aliphatic carbocycles. The number of aromatic nitrogens is 1. The molecular formula is C24H19F4N3O4. The number of rotatable bonds is 6. The van der Waals surface area contributed by atoms with Gasteiger partial charge in [-0.1, -0.05) is 18.2 Å². The number of pyridine rings is 1. The topological polar surface area (TPSA) is 108 Å². The number of Topliss-reactive ketones (excluding diaryl/α,β-unsaturated/α-hetero) is 1. The summed E-state index contributed by atoms with van der Waals surface area (Å²) in [6, 6.07) is 10.7. The van der Waals surface area contributed by atoms with E-state index in [1.807, 2.05) is 26.0 Å². The van der Waals surface area contributed by atoms with Crippen molar-refractivity contribution >= 4 is 29.2 Å². The Bertz CT molecular complexity index is 1300. The third-order valence-electron chi connectivity index (χ3n) is 4.85. The van der Waals surface area contributed by atoms with Gasteiger partial charge in [0.2, 0.25) is 5.91 Å². The van der Waals surface area contributed by atoms with Crippen molar-refractivity contribution < 1.29 is 37.1 Å². The maximum absolute atomic E-state index is 13.8. The van der Waals surface area contributed by atoms with E-state index < -0.39 is 53.1 Å². The van der Waals surface area contributed by atoms with E-state index in [-0.39, 0.29) is 11.6 Å². The minimum Gasteiger partial charge on any atom is -0.465 e. The Morgan fingerprint density at radius 2 is 1.54 bits per heavy atom. The van der Waals surface area contributed by atoms with Crippen molar-refractivity contribution in [2.45, 2.75) is 26.4 Å². The van der Waals surface area contributed by atoms with E-state index in [0.29, 0.717) is 11.6 Å². The van der Waals surface area contributed by atoms with Gasteiger partial charge in [-0.15, -0.1) is 0 Å². The Kier molecular flexibility index (Phi) is 7.18. The van der Waals surface area contributed by atoms with Crippen molar-refractivity contribution in [1.29, 1.82) is 0 Å². The zero-order valence-electron chi connectivity index (χ0n) is 18.5. The van der Waals surface area contributed by atoms with Crippen molar-refractivity contribution in [3.05, 3.63) is 76.9 Å². The van der Waals surface area contributed by atoms with Crippen molar-refractivity contribution in [3.63, 3.8) is 0 Å². The fraction of sp³-hybridized carbons (Fsp3) is 0.167. The van der Waals surface area contributed by atoms with Gasteiger partial charge in [0.25, 0.3) is 0 Å². The van der Waals surface area contributed by atoms with E-state index in [4.69, 9.17) is 5.11 Å². The summed E-state index contributed by atoms with van der Waals surface area (Å²) < 4.78 is 53.1. The summed E-state index contributed by atoms with van der Waals surface area (Å²) in [5, 5.41) is 12.6. The van der Waals surface area contributed by atoms with Crippen LogP contribution in [0.3, 0.4) is 0 Å². The summed E-state index contributed by atoms with van der Waals surface area (Å²) >= 11 is 0. The van der Waals surface area contributed by atoms with Crippen molar-refractivity contribution in [1.82, 2.24) is 4.98 Å². The second-order valence-electron chi connectivity index (χ2n) is 7.67. The third-order valence-corrected chi connectivity index (χ3v) is 4.85. The van der Waals surface area contributed by atoms with Gasteiger partial charge < -0.3 is 10.4 Å². The molecule has 0 spiro atoms. The molecule has 3 aromatic rings. The lowest BCUT2D eigenvalue weighted by Gasteiger charge is -2.15. The molecule has 3 N–H and O–H groups in total. The molecule has 0 atom stereocenters. The summed E-state index contributed by atoms with van der Waals surface area (Å²) in [5.74, 6) is -3.37. The number of carbonyl (C=O) groups excluding carboxylic acids is 2. The maximum Gasteiger partial charge on any atom is 0.419 e. The summed E-state index contributed by atoms with van der Waals surface area (Å²) in [4.78, 5) is 40.3. The molecule has 182 valence electrons. The van der Waals surface area contributed by atoms with Gasteiger partial charge >= 0.3 is 12.3 Å². The number of aryl methyl sites for hydroxylation is 2. The molecular weight excluding hydrogens is 470 g/mol. The van der Waals surface area contributed by atoms with Crippen molar-refractivity contribution in [3.8, 4) is 11.1 Å². The Hall–Kier alpha value is -4.28. The van der Waals surface area contributed by atoms with Gasteiger partial charge in [0.15, 0.2) is 5.78 Å². The Labute approximate surface area is 196 Å². The first-order chi connectivity index (χ1) is 16.3. The number of amides is 2. The van der Waals surface area contributed by atoms with Crippen LogP contribution in [0.25, 0.3) is 11.1 Å². The van der Waals surface area contributed by atoms with Crippen LogP contribution >= 0.6 is 0 Å². The molecule has 0 radical (unpaired) electrons. The van der Waals surface area contributed by atoms with Gasteiger partial charge in [-0.05, 0) is 49.2 Å². The fourth-order valence-corrected chi connectivity index (χ4v) is 3.43. The zero-order valence-corrected chi connectivity index (χ0v) is 18.5. The van der Waals surface area contributed by atoms with Crippen LogP contribution in [-0.2, 0) is 11.0 Å². The summed E-state index contributed by atoms with van der Waals surface area (Å²) in [7, 11) is 0. The minimum atomic E-state index is -5.09. The van der Waals surface area contributed by atoms with E-state index in [9.17, 15) is 31.9 Å². The van der Waals surface area contributed by atoms with Gasteiger partial charge in [0, 0.05) is 23.0 Å². The standard InChI is InChI=1S/C24H19F4N3O4/c1-12-6-16(7-13(2)29-12)14-4-3-5-15(8-14)21(32)11-22(33)30-19-9-17(24(26,27)28)18(25)10-20(19)31-23(34)35/h3-10,31H,11H2,1-2H3,(H,30,33)(H,34,35). The number of ketones is 1. The lowest BCUT2D eigenvalue weighted by atomic mass is 9.99. The average Bonchev–Trinajstić information content (AvgIpc) is 2.73. The Balaban J connectivity index is 1.83. The smallest absolute Gasteiger partial charge is 0.419 e. The number of benzene rings is 2. The second-order valence-corrected chi connectivity index (χ2v) is 7.67. The van der Waals surface area contributed by atoms with Gasteiger partial charge in [-0.3, -0.25) is 19.9 Å². The molecule has 1 heterocycles. The predicted octanol–water partition coefficient (Wildman–Crippen LogP) is 5.82. The van der Waals surface area contributed by atoms with E-state index in [2.05, 4.69) is 10.3 Å². The molecule has 7 nitrogen and oxygen atoms in total. The van der Waals surface area contributed by atoms with E-state index in [1.165, 1.54) is 6.07 Å². The summed E-state index contributed by atoms with van der Waals surface area (Å²) in [6.45, 7) is 3.64. The number of halogens is 4. The molecule has 2 amide bonds. The van der Waals surface area contributed by atoms with E-state index in [0.717, 1.165) is 17.0 Å². The molecule has 2 aromatic carbocycles. The summed E-state index contributed by atoms with van der Waals surface area (Å²) in [5.41, 5.74) is 0.286. The first-order valence-electron chi connectivity index (χ1n) is 10.1. The predicted molar refractivity (Wildman–Crippen MR) is 120 cm³/mol. The minimum absolute atomic E-state index is 0.184. The molecule has 0 fully saturated rings. The lowest BCUT2D eigenvalue weighted by molar-refractivity contribution is -0.140. The normalized spacial score (nSPS) is 11.1. The van der Waals surface area contributed by atoms with Crippen molar-refractivity contribution in [2.75, 3.05) is 10.6 Å². The molecule has 0 bridgehead atoms. The zero-order chi connectivity index (χ0) is 25.9. The molecule has 0 aliphatic heterocycles. The molecule has 11 heteroatoms. The van der Waals surface area contributed by atoms with Crippen LogP contribution in [0.15, 0.2) is 48.5 Å². The van der Waals surface area contributed by atoms with E-state index in [1.54, 1.807) is 23.5 Å². The van der Waals surface area contributed by atoms with Gasteiger partial charge in [-0.25, -0.2) is 9.18 Å². The fourth-order valence-electron chi connectivity index (χ4n) is 3.43. The highest BCUT2D eigenvalue weighted by Gasteiger charge is 2.35. The number of hydrogen-bond acceptors (Lipinski definition) is 4. The SMILES string of the molecule is Cc1cc(-c2cccc(C(=O)CC(=O)Nc3cc(C(F)(F)F)c(F)cc3NC(=O)O)c2)cc(C)n1. The highest BCUT2D eigenvalue weighted by Crippen LogP contribution is 2.36. The number of hydrogen-bond donors (Lipinski definition) is 3. The van der Waals surface area contributed by atoms with Crippen LogP contribution < -0.4 is 10.6 Å². The van der Waals surface area contributed by atoms with Gasteiger partial charge in [0.05, 0.1) is 23.4 Å². The van der Waals surface area contributed by atoms with Crippen LogP contribution in [0, 0.1) is 19.7 Å². The monoisotopic (exact) mass is 489 g/mol. The Morgan fingerprint density at radius 1 is 0.914 bits per heavy atom. The first kappa shape index (κ1) is 25.3. The number of alkyl halides is 3. The molecule has 0 saturated heterocycles. The second kappa shape index (κ2) is 9.92. The third kappa shape index (κ3) is 6.40. The van der Waals surface area contributed by atoms with Crippen molar-refractivity contribution in [2.24, 2.45) is 0 Å². The summed E-state index contributed by atoms with van der Waals surface area (Å²) in [6.07, 6.45) is -7.52. The molecule has 0 saturated carbocycles. The van der Waals surface area contributed by atoms with Gasteiger partial charge in [-0.2, -0.15) is 13.2 Å². The van der Waals surface area contributed by atoms with Crippen LogP contribution in [-0.4, -0.2) is 27.9 Å². The maximum atomic E-state index is 13.8. The lowest BCUT2D eigenvalue weighted by Crippen LogP contribution is -2.20. The first-order valence-corrected chi connectivity index (χ1v) is 10.1. The molecule has 3 rings (SSSR count).